The highest BCUT2D eigenvalue weighted by Gasteiger charge is 2.68. The van der Waals surface area contributed by atoms with Gasteiger partial charge in [0.1, 0.15) is 5.60 Å². The van der Waals surface area contributed by atoms with Gasteiger partial charge in [0.15, 0.2) is 12.4 Å². The zero-order valence-electron chi connectivity index (χ0n) is 23.0. The maximum Gasteiger partial charge on any atom is 0.306 e. The Kier molecular flexibility index (Phi) is 7.71. The summed E-state index contributed by atoms with van der Waals surface area (Å²) in [6.07, 6.45) is 4.65. The molecule has 9 nitrogen and oxygen atoms in total. The summed E-state index contributed by atoms with van der Waals surface area (Å²) in [4.78, 5) is 49.7. The maximum absolute atomic E-state index is 13.3. The lowest BCUT2D eigenvalue weighted by molar-refractivity contribution is -0.184. The number of ketones is 2. The van der Waals surface area contributed by atoms with Gasteiger partial charge >= 0.3 is 5.97 Å². The summed E-state index contributed by atoms with van der Waals surface area (Å²) < 4.78 is 5.16. The normalized spacial score (nSPS) is 38.4. The number of Topliss-reactive ketones (excluding diaryl/α,β-unsaturated/α-hetero) is 1. The van der Waals surface area contributed by atoms with Crippen molar-refractivity contribution in [1.82, 2.24) is 5.32 Å². The van der Waals surface area contributed by atoms with E-state index >= 15 is 0 Å². The Morgan fingerprint density at radius 3 is 2.53 bits per heavy atom. The number of amides is 1. The van der Waals surface area contributed by atoms with Crippen molar-refractivity contribution in [2.75, 3.05) is 13.2 Å². The first-order chi connectivity index (χ1) is 17.7. The van der Waals surface area contributed by atoms with Gasteiger partial charge in [0.25, 0.3) is 0 Å². The highest BCUT2D eigenvalue weighted by molar-refractivity contribution is 5.92. The lowest BCUT2D eigenvalue weighted by Crippen LogP contribution is -2.62. The third-order valence-corrected chi connectivity index (χ3v) is 10.3. The number of carbonyl (C=O) groups excluding carboxylic acids is 4. The molecule has 0 bridgehead atoms. The van der Waals surface area contributed by atoms with Crippen LogP contribution in [0.5, 0.6) is 0 Å². The highest BCUT2D eigenvalue weighted by atomic mass is 16.5. The van der Waals surface area contributed by atoms with Gasteiger partial charge in [0.05, 0.1) is 24.7 Å². The number of hydrogen-bond donors (Lipinski definition) is 4. The first-order valence-electron chi connectivity index (χ1n) is 13.9. The minimum Gasteiger partial charge on any atom is -0.458 e. The first-order valence-corrected chi connectivity index (χ1v) is 13.9. The molecule has 0 saturated heterocycles. The molecule has 0 spiro atoms. The van der Waals surface area contributed by atoms with Gasteiger partial charge in [-0.1, -0.05) is 19.4 Å². The number of nitrogens with one attached hydrogen (secondary N) is 1. The van der Waals surface area contributed by atoms with E-state index in [0.717, 1.165) is 18.4 Å². The van der Waals surface area contributed by atoms with E-state index in [1.165, 1.54) is 0 Å². The first kappa shape index (κ1) is 28.9. The van der Waals surface area contributed by atoms with Crippen molar-refractivity contribution in [3.8, 4) is 0 Å². The predicted molar refractivity (Wildman–Crippen MR) is 138 cm³/mol. The maximum atomic E-state index is 13.3. The Morgan fingerprint density at radius 1 is 1.13 bits per heavy atom. The largest absolute Gasteiger partial charge is 0.458 e. The Hall–Kier alpha value is -2.10. The van der Waals surface area contributed by atoms with Gasteiger partial charge in [0, 0.05) is 18.3 Å². The quantitative estimate of drug-likeness (QED) is 0.346. The molecule has 0 heterocycles. The molecular formula is C29H43NO8. The van der Waals surface area contributed by atoms with Crippen molar-refractivity contribution in [2.45, 2.75) is 103 Å². The van der Waals surface area contributed by atoms with Crippen LogP contribution in [0.4, 0.5) is 0 Å². The van der Waals surface area contributed by atoms with Crippen LogP contribution >= 0.6 is 0 Å². The topological polar surface area (TPSA) is 150 Å². The summed E-state index contributed by atoms with van der Waals surface area (Å²) in [6, 6.07) is 0. The van der Waals surface area contributed by atoms with Gasteiger partial charge in [-0.2, -0.15) is 0 Å². The Morgan fingerprint density at radius 2 is 1.84 bits per heavy atom. The van der Waals surface area contributed by atoms with Gasteiger partial charge in [-0.05, 0) is 81.6 Å². The van der Waals surface area contributed by atoms with Gasteiger partial charge in [-0.3, -0.25) is 19.2 Å². The lowest BCUT2D eigenvalue weighted by atomic mass is 9.45. The molecule has 1 amide bonds. The fourth-order valence-electron chi connectivity index (χ4n) is 8.18. The van der Waals surface area contributed by atoms with Crippen molar-refractivity contribution in [3.63, 3.8) is 0 Å². The molecule has 3 fully saturated rings. The second-order valence-corrected chi connectivity index (χ2v) is 13.2. The minimum absolute atomic E-state index is 0.0223. The molecule has 4 N–H and O–H groups in total. The molecule has 0 aromatic heterocycles. The third-order valence-electron chi connectivity index (χ3n) is 10.3. The molecule has 4 aliphatic rings. The summed E-state index contributed by atoms with van der Waals surface area (Å²) in [7, 11) is 0. The zero-order chi connectivity index (χ0) is 28.1. The molecule has 0 unspecified atom stereocenters. The van der Waals surface area contributed by atoms with E-state index in [-0.39, 0.29) is 61.2 Å². The number of esters is 1. The van der Waals surface area contributed by atoms with E-state index in [1.807, 2.05) is 6.92 Å². The average Bonchev–Trinajstić information content (AvgIpc) is 3.12. The lowest BCUT2D eigenvalue weighted by Gasteiger charge is -2.60. The molecule has 9 heteroatoms. The third kappa shape index (κ3) is 4.86. The second kappa shape index (κ2) is 10.1. The molecule has 0 aromatic carbocycles. The van der Waals surface area contributed by atoms with Crippen LogP contribution in [0, 0.1) is 28.6 Å². The van der Waals surface area contributed by atoms with Crippen molar-refractivity contribution < 1.29 is 39.2 Å². The fraction of sp³-hybridized carbons (Fsp3) is 0.793. The van der Waals surface area contributed by atoms with Crippen molar-refractivity contribution in [2.24, 2.45) is 28.6 Å². The Bertz CT molecular complexity index is 1040. The van der Waals surface area contributed by atoms with E-state index in [2.05, 4.69) is 12.2 Å². The molecule has 7 atom stereocenters. The fourth-order valence-corrected chi connectivity index (χ4v) is 8.18. The highest BCUT2D eigenvalue weighted by Crippen LogP contribution is 2.67. The van der Waals surface area contributed by atoms with Crippen LogP contribution in [0.15, 0.2) is 11.6 Å². The van der Waals surface area contributed by atoms with Crippen molar-refractivity contribution >= 4 is 23.4 Å². The van der Waals surface area contributed by atoms with Crippen molar-refractivity contribution in [3.05, 3.63) is 11.6 Å². The van der Waals surface area contributed by atoms with E-state index in [9.17, 15) is 34.5 Å². The van der Waals surface area contributed by atoms with Crippen LogP contribution < -0.4 is 5.32 Å². The monoisotopic (exact) mass is 533 g/mol. The number of aliphatic hydroxyl groups excluding tert-OH is 2. The number of ether oxygens (including phenoxy) is 1. The molecule has 4 aliphatic carbocycles. The summed E-state index contributed by atoms with van der Waals surface area (Å²) in [5.74, 6) is -1.40. The summed E-state index contributed by atoms with van der Waals surface area (Å²) in [5.41, 5.74) is -2.50. The molecule has 4 rings (SSSR count). The number of carbonyl (C=O) groups is 4. The van der Waals surface area contributed by atoms with Crippen LogP contribution in [0.1, 0.15) is 85.5 Å². The van der Waals surface area contributed by atoms with E-state index in [1.54, 1.807) is 19.9 Å². The summed E-state index contributed by atoms with van der Waals surface area (Å²) >= 11 is 0. The van der Waals surface area contributed by atoms with Crippen LogP contribution in [0.25, 0.3) is 0 Å². The molecule has 3 saturated carbocycles. The molecule has 0 aliphatic heterocycles. The number of fused-ring (bicyclic) bond motifs is 5. The van der Waals surface area contributed by atoms with Crippen LogP contribution in [0.3, 0.4) is 0 Å². The SMILES string of the molecule is CC(C)(CO)NC(=O)CCC(=O)OCC(=O)[C@@]1(O)CC[C@H]2[C@@H]3CCC4=CC(=O)CC[C@]4(C)[C@H]3[C@@H](O)C[C@@]21C. The summed E-state index contributed by atoms with van der Waals surface area (Å²) in [5, 5.41) is 35.1. The van der Waals surface area contributed by atoms with Crippen LogP contribution in [0.2, 0.25) is 0 Å². The standard InChI is InChI=1S/C29H43NO8/c1-26(2,16-31)30-23(35)7-8-24(36)38-15-22(34)29(37)12-10-20-19-6-5-17-13-18(32)9-11-27(17,3)25(19)21(33)14-28(20,29)4/h13,19-21,25,31,33,37H,5-12,14-16H2,1-4H3,(H,30,35)/t19-,20-,21-,25+,27-,28-,29-/m0/s1. The van der Waals surface area contributed by atoms with Crippen molar-refractivity contribution in [1.29, 1.82) is 0 Å². The molecular weight excluding hydrogens is 490 g/mol. The Labute approximate surface area is 224 Å². The van der Waals surface area contributed by atoms with Crippen LogP contribution in [-0.2, 0) is 23.9 Å². The molecule has 38 heavy (non-hydrogen) atoms. The predicted octanol–water partition coefficient (Wildman–Crippen LogP) is 2.00. The average molecular weight is 534 g/mol. The van der Waals surface area contributed by atoms with E-state index in [0.29, 0.717) is 19.3 Å². The van der Waals surface area contributed by atoms with Gasteiger partial charge in [-0.15, -0.1) is 0 Å². The number of allylic oxidation sites excluding steroid dienone is 1. The van der Waals surface area contributed by atoms with E-state index < -0.39 is 46.9 Å². The summed E-state index contributed by atoms with van der Waals surface area (Å²) in [6.45, 7) is 6.52. The smallest absolute Gasteiger partial charge is 0.306 e. The number of hydrogen-bond acceptors (Lipinski definition) is 8. The van der Waals surface area contributed by atoms with Gasteiger partial charge in [0.2, 0.25) is 11.7 Å². The molecule has 212 valence electrons. The van der Waals surface area contributed by atoms with Gasteiger partial charge in [-0.25, -0.2) is 0 Å². The number of aliphatic hydroxyl groups is 3. The Balaban J connectivity index is 1.40. The van der Waals surface area contributed by atoms with Crippen LogP contribution in [-0.4, -0.2) is 69.2 Å². The molecule has 0 radical (unpaired) electrons. The second-order valence-electron chi connectivity index (χ2n) is 13.2. The number of rotatable bonds is 8. The minimum atomic E-state index is -1.72. The zero-order valence-corrected chi connectivity index (χ0v) is 23.0. The van der Waals surface area contributed by atoms with E-state index in [4.69, 9.17) is 4.74 Å². The van der Waals surface area contributed by atoms with Gasteiger partial charge < -0.3 is 25.4 Å². The molecule has 0 aromatic rings.